The number of nitrogens with zero attached hydrogens (tertiary/aromatic N) is 1. The summed E-state index contributed by atoms with van der Waals surface area (Å²) < 4.78 is 52.2. The number of amides is 1. The third-order valence-electron chi connectivity index (χ3n) is 4.87. The summed E-state index contributed by atoms with van der Waals surface area (Å²) in [4.78, 5) is 11.4. The predicted octanol–water partition coefficient (Wildman–Crippen LogP) is -0.200. The number of carbonyl (C=O) groups is 1. The van der Waals surface area contributed by atoms with Gasteiger partial charge >= 0.3 is 10.2 Å². The van der Waals surface area contributed by atoms with Gasteiger partial charge in [0.15, 0.2) is 0 Å². The molecule has 1 aliphatic heterocycles. The van der Waals surface area contributed by atoms with E-state index < -0.39 is 38.4 Å². The maximum absolute atomic E-state index is 12.0. The highest BCUT2D eigenvalue weighted by Crippen LogP contribution is 2.35. The van der Waals surface area contributed by atoms with E-state index in [1.165, 1.54) is 12.1 Å². The van der Waals surface area contributed by atoms with Crippen LogP contribution in [0.4, 0.5) is 5.69 Å². The number of nitrogens with one attached hydrogen (secondary N) is 2. The first kappa shape index (κ1) is 21.3. The van der Waals surface area contributed by atoms with Gasteiger partial charge in [-0.15, -0.1) is 0 Å². The zero-order valence-corrected chi connectivity index (χ0v) is 17.4. The van der Waals surface area contributed by atoms with Gasteiger partial charge in [-0.2, -0.15) is 21.6 Å². The van der Waals surface area contributed by atoms with Crippen LogP contribution in [-0.4, -0.2) is 39.9 Å². The summed E-state index contributed by atoms with van der Waals surface area (Å²) in [5, 5.41) is 15.5. The Labute approximate surface area is 169 Å². The molecule has 1 amide bonds. The summed E-state index contributed by atoms with van der Waals surface area (Å²) in [7, 11) is -7.99. The first-order valence-electron chi connectivity index (χ1n) is 8.64. The van der Waals surface area contributed by atoms with Crippen molar-refractivity contribution in [2.45, 2.75) is 25.8 Å². The smallest absolute Gasteiger partial charge is 0.326 e. The van der Waals surface area contributed by atoms with Crippen LogP contribution in [0.1, 0.15) is 19.4 Å². The summed E-state index contributed by atoms with van der Waals surface area (Å²) in [5.74, 6) is -1.31. The molecule has 2 atom stereocenters. The molecule has 0 radical (unpaired) electrons. The Kier molecular flexibility index (Phi) is 5.24. The van der Waals surface area contributed by atoms with Gasteiger partial charge in [0, 0.05) is 5.92 Å². The average Bonchev–Trinajstić information content (AvgIpc) is 2.82. The Morgan fingerprint density at radius 2 is 2.10 bits per heavy atom. The Morgan fingerprint density at radius 3 is 2.66 bits per heavy atom. The van der Waals surface area contributed by atoms with Crippen LogP contribution in [0.2, 0.25) is 0 Å². The number of phenolic OH excluding ortho intramolecular Hbond substituents is 1. The van der Waals surface area contributed by atoms with E-state index in [0.717, 1.165) is 9.88 Å². The second kappa shape index (κ2) is 7.13. The first-order valence-corrected chi connectivity index (χ1v) is 11.6. The number of anilines is 1. The molecule has 10 nitrogen and oxygen atoms in total. The van der Waals surface area contributed by atoms with Gasteiger partial charge in [0.1, 0.15) is 12.3 Å². The molecule has 0 spiro atoms. The Hall–Kier alpha value is -2.41. The van der Waals surface area contributed by atoms with Gasteiger partial charge in [-0.05, 0) is 38.0 Å². The van der Waals surface area contributed by atoms with Gasteiger partial charge in [0.25, 0.3) is 16.1 Å². The quantitative estimate of drug-likeness (QED) is 0.494. The van der Waals surface area contributed by atoms with Crippen LogP contribution in [0.15, 0.2) is 42.0 Å². The van der Waals surface area contributed by atoms with E-state index in [9.17, 15) is 26.7 Å². The monoisotopic (exact) mass is 442 g/mol. The normalized spacial score (nSPS) is 26.3. The Balaban J connectivity index is 1.89. The fourth-order valence-electron chi connectivity index (χ4n) is 3.48. The van der Waals surface area contributed by atoms with E-state index in [1.807, 2.05) is 17.7 Å². The molecule has 1 fully saturated rings. The number of allylic oxidation sites excluding steroid dienone is 2. The molecule has 158 valence electrons. The Morgan fingerprint density at radius 1 is 1.41 bits per heavy atom. The fraction of sp³-hybridized carbons (Fsp3) is 0.353. The fourth-order valence-corrected chi connectivity index (χ4v) is 5.48. The van der Waals surface area contributed by atoms with Crippen molar-refractivity contribution in [1.29, 1.82) is 0 Å². The summed E-state index contributed by atoms with van der Waals surface area (Å²) >= 11 is 0. The highest BCUT2D eigenvalue weighted by atomic mass is 32.2. The van der Waals surface area contributed by atoms with Crippen molar-refractivity contribution >= 4 is 32.0 Å². The third kappa shape index (κ3) is 4.61. The molecule has 3 rings (SSSR count). The minimum atomic E-state index is -4.03. The number of hydrogen-bond donors (Lipinski definition) is 4. The maximum atomic E-state index is 12.0. The predicted molar refractivity (Wildman–Crippen MR) is 107 cm³/mol. The average molecular weight is 443 g/mol. The van der Waals surface area contributed by atoms with E-state index in [0.29, 0.717) is 12.0 Å². The van der Waals surface area contributed by atoms with E-state index in [1.54, 1.807) is 25.1 Å². The largest absolute Gasteiger partial charge is 0.506 e. The molecule has 2 aliphatic rings. The minimum Gasteiger partial charge on any atom is -0.506 e. The van der Waals surface area contributed by atoms with Crippen molar-refractivity contribution in [3.8, 4) is 5.75 Å². The Bertz CT molecular complexity index is 1130. The van der Waals surface area contributed by atoms with Gasteiger partial charge in [-0.3, -0.25) is 4.79 Å². The van der Waals surface area contributed by atoms with Crippen molar-refractivity contribution in [2.75, 3.05) is 10.8 Å². The highest BCUT2D eigenvalue weighted by Gasteiger charge is 2.37. The summed E-state index contributed by atoms with van der Waals surface area (Å²) in [6.07, 6.45) is 5.76. The molecule has 0 bridgehead atoms. The SMILES string of the molecule is CC1=CC(Cc2ccc(N3CC(=O)NS3(=O)=O)c(O)c2)C(C)(NS(N)(=O)=O)C=C1. The first-order chi connectivity index (χ1) is 13.3. The number of hydrogen-bond acceptors (Lipinski definition) is 6. The lowest BCUT2D eigenvalue weighted by Gasteiger charge is -2.36. The molecule has 1 aliphatic carbocycles. The lowest BCUT2D eigenvalue weighted by atomic mass is 9.77. The van der Waals surface area contributed by atoms with Crippen molar-refractivity contribution in [3.63, 3.8) is 0 Å². The van der Waals surface area contributed by atoms with Crippen molar-refractivity contribution < 1.29 is 26.7 Å². The van der Waals surface area contributed by atoms with E-state index >= 15 is 0 Å². The molecule has 12 heteroatoms. The molecule has 0 saturated carbocycles. The van der Waals surface area contributed by atoms with Gasteiger partial charge < -0.3 is 5.11 Å². The van der Waals surface area contributed by atoms with E-state index in [-0.39, 0.29) is 17.4 Å². The molecular formula is C17H22N4O6S2. The number of nitrogens with two attached hydrogens (primary N) is 1. The van der Waals surface area contributed by atoms with Crippen LogP contribution in [0.25, 0.3) is 0 Å². The molecule has 1 aromatic rings. The van der Waals surface area contributed by atoms with Crippen LogP contribution in [0.3, 0.4) is 0 Å². The highest BCUT2D eigenvalue weighted by molar-refractivity contribution is 7.92. The van der Waals surface area contributed by atoms with Crippen LogP contribution in [0, 0.1) is 5.92 Å². The summed E-state index contributed by atoms with van der Waals surface area (Å²) in [6.45, 7) is 3.16. The van der Waals surface area contributed by atoms with Gasteiger partial charge in [-0.25, -0.2) is 14.2 Å². The molecule has 2 unspecified atom stereocenters. The van der Waals surface area contributed by atoms with E-state index in [2.05, 4.69) is 4.72 Å². The third-order valence-corrected chi connectivity index (χ3v) is 6.99. The molecule has 29 heavy (non-hydrogen) atoms. The van der Waals surface area contributed by atoms with Gasteiger partial charge in [-0.1, -0.05) is 29.9 Å². The van der Waals surface area contributed by atoms with Crippen LogP contribution < -0.4 is 18.9 Å². The topological polar surface area (TPSA) is 159 Å². The molecular weight excluding hydrogens is 420 g/mol. The second-order valence-corrected chi connectivity index (χ2v) is 10.2. The van der Waals surface area contributed by atoms with Crippen molar-refractivity contribution in [2.24, 2.45) is 11.1 Å². The second-order valence-electron chi connectivity index (χ2n) is 7.34. The van der Waals surface area contributed by atoms with Crippen molar-refractivity contribution in [1.82, 2.24) is 9.44 Å². The summed E-state index contributed by atoms with van der Waals surface area (Å²) in [6, 6.07) is 4.42. The number of carbonyl (C=O) groups excluding carboxylic acids is 1. The number of phenols is 1. The molecule has 5 N–H and O–H groups in total. The summed E-state index contributed by atoms with van der Waals surface area (Å²) in [5.41, 5.74) is 0.592. The zero-order valence-electron chi connectivity index (χ0n) is 15.8. The van der Waals surface area contributed by atoms with Gasteiger partial charge in [0.2, 0.25) is 0 Å². The number of aromatic hydroxyl groups is 1. The maximum Gasteiger partial charge on any atom is 0.326 e. The van der Waals surface area contributed by atoms with Crippen LogP contribution in [-0.2, 0) is 31.6 Å². The minimum absolute atomic E-state index is 0.0206. The van der Waals surface area contributed by atoms with E-state index in [4.69, 9.17) is 5.14 Å². The standard InChI is InChI=1S/C17H22N4O6S2/c1-11-5-6-17(2,20-28(18,24)25)13(7-11)8-12-3-4-14(15(22)9-12)21-10-16(23)19-29(21,26)27/h3-7,9,13,20,22H,8,10H2,1-2H3,(H,19,23)(H2,18,24,25). The van der Waals surface area contributed by atoms with Crippen LogP contribution in [0.5, 0.6) is 5.75 Å². The molecule has 1 aromatic carbocycles. The zero-order chi connectivity index (χ0) is 21.6. The number of benzene rings is 1. The van der Waals surface area contributed by atoms with Crippen molar-refractivity contribution in [3.05, 3.63) is 47.6 Å². The molecule has 1 heterocycles. The lowest BCUT2D eigenvalue weighted by molar-refractivity contribution is -0.117. The number of rotatable bonds is 5. The van der Waals surface area contributed by atoms with Crippen LogP contribution >= 0.6 is 0 Å². The molecule has 0 aromatic heterocycles. The molecule has 1 saturated heterocycles. The lowest BCUT2D eigenvalue weighted by Crippen LogP contribution is -2.53. The van der Waals surface area contributed by atoms with Gasteiger partial charge in [0.05, 0.1) is 11.2 Å².